The zero-order valence-corrected chi connectivity index (χ0v) is 58.0. The molecule has 2 atom stereocenters. The summed E-state index contributed by atoms with van der Waals surface area (Å²) in [5.74, 6) is 4.25. The zero-order chi connectivity index (χ0) is 70.6. The Kier molecular flexibility index (Phi) is 19.6. The third-order valence-electron chi connectivity index (χ3n) is 18.6. The van der Waals surface area contributed by atoms with E-state index in [2.05, 4.69) is 110 Å². The van der Waals surface area contributed by atoms with E-state index in [1.807, 2.05) is 128 Å². The number of hydrogen-bond donors (Lipinski definition) is 4. The fraction of sp³-hybridized carbons (Fsp3) is 0.195. The Morgan fingerprint density at radius 2 is 0.653 bits per heavy atom. The van der Waals surface area contributed by atoms with Gasteiger partial charge in [-0.3, -0.25) is 0 Å². The van der Waals surface area contributed by atoms with Gasteiger partial charge in [-0.05, 0) is 171 Å². The minimum Gasteiger partial charge on any atom is -0.507 e. The van der Waals surface area contributed by atoms with Crippen molar-refractivity contribution in [2.45, 2.75) is 85.9 Å². The first-order chi connectivity index (χ1) is 48.8. The maximum Gasteiger partial charge on any atom is 0.167 e. The fourth-order valence-electron chi connectivity index (χ4n) is 13.7. The van der Waals surface area contributed by atoms with Gasteiger partial charge >= 0.3 is 0 Å². The second-order valence-electron chi connectivity index (χ2n) is 26.3. The van der Waals surface area contributed by atoms with E-state index in [-0.39, 0.29) is 37.9 Å². The Morgan fingerprint density at radius 1 is 0.347 bits per heavy atom. The molecule has 0 radical (unpaired) electrons. The van der Waals surface area contributed by atoms with Crippen LogP contribution in [0.4, 0.5) is 0 Å². The molecule has 101 heavy (non-hydrogen) atoms. The molecular formula is C87H80N6O8. The number of aliphatic hydroxyl groups excluding tert-OH is 2. The Morgan fingerprint density at radius 3 is 0.970 bits per heavy atom. The van der Waals surface area contributed by atoms with Gasteiger partial charge in [0.15, 0.2) is 34.9 Å². The topological polar surface area (TPSA) is 195 Å². The van der Waals surface area contributed by atoms with E-state index in [9.17, 15) is 20.4 Å². The molecule has 0 fully saturated rings. The quantitative estimate of drug-likeness (QED) is 0.0417. The SMILES string of the molecule is C=CCc1cc(C2(c3ccc(OCC(O)COc4ccc(-c5nc(-c6ccc(C)cc6C)nc(-c6ccc(C)cc6C)n5)c(O)c4)c(CC=C)c3)c3ccccc3-c3ccccc32)ccc1OCC(O)COc1ccc(-c2nc(-c3ccc(C)cc3C)nc(-c3ccc(C)cc3C)n2)c(O)c1. The lowest BCUT2D eigenvalue weighted by Gasteiger charge is -2.35. The van der Waals surface area contributed by atoms with Crippen molar-refractivity contribution in [2.24, 2.45) is 0 Å². The number of aromatic hydroxyl groups is 2. The van der Waals surface area contributed by atoms with Crippen molar-refractivity contribution >= 4 is 0 Å². The van der Waals surface area contributed by atoms with Crippen LogP contribution in [0.25, 0.3) is 79.5 Å². The average molecular weight is 1340 g/mol. The van der Waals surface area contributed by atoms with Crippen molar-refractivity contribution < 1.29 is 39.4 Å². The summed E-state index contributed by atoms with van der Waals surface area (Å²) >= 11 is 0. The molecule has 506 valence electrons. The average Bonchev–Trinajstić information content (AvgIpc) is 1.55. The highest BCUT2D eigenvalue weighted by Gasteiger charge is 2.46. The summed E-state index contributed by atoms with van der Waals surface area (Å²) in [6, 6.07) is 63.9. The lowest BCUT2D eigenvalue weighted by Crippen LogP contribution is -2.29. The van der Waals surface area contributed by atoms with E-state index in [1.54, 1.807) is 24.3 Å². The summed E-state index contributed by atoms with van der Waals surface area (Å²) in [5, 5.41) is 46.0. The number of fused-ring (bicyclic) bond motifs is 3. The first-order valence-corrected chi connectivity index (χ1v) is 33.9. The highest BCUT2D eigenvalue weighted by molar-refractivity contribution is 5.87. The summed E-state index contributed by atoms with van der Waals surface area (Å²) in [7, 11) is 0. The molecule has 1 aliphatic rings. The van der Waals surface area contributed by atoms with Crippen molar-refractivity contribution in [1.29, 1.82) is 0 Å². The van der Waals surface area contributed by atoms with Crippen molar-refractivity contribution in [1.82, 2.24) is 29.9 Å². The third kappa shape index (κ3) is 14.1. The van der Waals surface area contributed by atoms with Crippen molar-refractivity contribution in [3.63, 3.8) is 0 Å². The lowest BCUT2D eigenvalue weighted by molar-refractivity contribution is 0.0623. The Hall–Kier alpha value is -11.6. The number of rotatable bonds is 24. The van der Waals surface area contributed by atoms with Gasteiger partial charge in [0.1, 0.15) is 73.1 Å². The van der Waals surface area contributed by atoms with Crippen LogP contribution in [-0.2, 0) is 18.3 Å². The van der Waals surface area contributed by atoms with Crippen LogP contribution < -0.4 is 18.9 Å². The molecule has 0 saturated heterocycles. The molecule has 0 spiro atoms. The van der Waals surface area contributed by atoms with Crippen LogP contribution in [0.5, 0.6) is 34.5 Å². The maximum absolute atomic E-state index is 11.6. The monoisotopic (exact) mass is 1340 g/mol. The van der Waals surface area contributed by atoms with Crippen LogP contribution >= 0.6 is 0 Å². The van der Waals surface area contributed by atoms with Gasteiger partial charge in [0.2, 0.25) is 0 Å². The molecule has 14 nitrogen and oxygen atoms in total. The summed E-state index contributed by atoms with van der Waals surface area (Å²) in [6.07, 6.45) is 2.52. The molecule has 4 N–H and O–H groups in total. The molecule has 2 aromatic heterocycles. The highest BCUT2D eigenvalue weighted by Crippen LogP contribution is 2.57. The molecule has 0 aliphatic heterocycles. The number of benzene rings is 10. The van der Waals surface area contributed by atoms with Crippen LogP contribution in [0.3, 0.4) is 0 Å². The Labute approximate surface area is 589 Å². The van der Waals surface area contributed by atoms with Gasteiger partial charge < -0.3 is 39.4 Å². The van der Waals surface area contributed by atoms with Gasteiger partial charge in [0.05, 0.1) is 16.5 Å². The molecule has 13 rings (SSSR count). The normalized spacial score (nSPS) is 12.7. The first-order valence-electron chi connectivity index (χ1n) is 33.9. The number of phenols is 2. The van der Waals surface area contributed by atoms with E-state index >= 15 is 0 Å². The summed E-state index contributed by atoms with van der Waals surface area (Å²) in [5.41, 5.74) is 20.2. The first kappa shape index (κ1) is 68.0. The van der Waals surface area contributed by atoms with E-state index in [0.29, 0.717) is 81.9 Å². The van der Waals surface area contributed by atoms with E-state index in [4.69, 9.17) is 48.9 Å². The second-order valence-corrected chi connectivity index (χ2v) is 26.3. The third-order valence-corrected chi connectivity index (χ3v) is 18.6. The molecular weight excluding hydrogens is 1260 g/mol. The van der Waals surface area contributed by atoms with Gasteiger partial charge in [-0.25, -0.2) is 29.9 Å². The summed E-state index contributed by atoms with van der Waals surface area (Å²) in [6.45, 7) is 24.2. The number of hydrogen-bond acceptors (Lipinski definition) is 14. The summed E-state index contributed by atoms with van der Waals surface area (Å²) < 4.78 is 25.1. The van der Waals surface area contributed by atoms with E-state index in [1.165, 1.54) is 12.1 Å². The minimum absolute atomic E-state index is 0.0866. The predicted octanol–water partition coefficient (Wildman–Crippen LogP) is 17.4. The smallest absolute Gasteiger partial charge is 0.167 e. The number of aryl methyl sites for hydroxylation is 8. The van der Waals surface area contributed by atoms with Crippen molar-refractivity contribution in [2.75, 3.05) is 26.4 Å². The summed E-state index contributed by atoms with van der Waals surface area (Å²) in [4.78, 5) is 29.4. The molecule has 14 heteroatoms. The van der Waals surface area contributed by atoms with Crippen LogP contribution in [0.2, 0.25) is 0 Å². The molecule has 2 unspecified atom stereocenters. The number of aliphatic hydroxyl groups is 2. The van der Waals surface area contributed by atoms with Crippen LogP contribution in [0.15, 0.2) is 219 Å². The predicted molar refractivity (Wildman–Crippen MR) is 399 cm³/mol. The largest absolute Gasteiger partial charge is 0.507 e. The Bertz CT molecular complexity index is 4700. The lowest BCUT2D eigenvalue weighted by atomic mass is 9.67. The standard InChI is InChI=1S/C87H80N6O8/c1-11-17-59-43-61(27-37-79(59)100-49-63(94)47-98-65-29-35-73(77(96)45-65)85-90-81(67-31-23-51(3)39-55(67)7)88-82(91-85)68-32-24-52(4)40-56(68)8)87(75-21-15-13-19-71(75)72-20-14-16-22-76(72)87)62-28-38-80(60(44-62)18-12-2)101-50-64(95)48-99-66-30-36-74(78(97)46-66)86-92-83(69-33-25-53(5)41-57(69)9)89-84(93-86)70-34-26-54(6)42-58(70)10/h11-16,19-46,63-64,94-97H,1-2,17-18,47-50H2,3-10H3. The van der Waals surface area contributed by atoms with E-state index in [0.717, 1.165) is 111 Å². The van der Waals surface area contributed by atoms with Crippen LogP contribution in [0, 0.1) is 55.4 Å². The molecule has 12 aromatic rings. The van der Waals surface area contributed by atoms with Gasteiger partial charge in [-0.2, -0.15) is 0 Å². The van der Waals surface area contributed by atoms with Crippen LogP contribution in [-0.4, -0.2) is 89.0 Å². The number of phenolic OH excluding ortho intramolecular Hbond substituents is 2. The fourth-order valence-corrected chi connectivity index (χ4v) is 13.7. The molecule has 0 saturated carbocycles. The molecule has 0 bridgehead atoms. The Balaban J connectivity index is 0.714. The minimum atomic E-state index is -1.05. The maximum atomic E-state index is 11.6. The number of aromatic nitrogens is 6. The number of nitrogens with zero attached hydrogens (tertiary/aromatic N) is 6. The molecule has 10 aromatic carbocycles. The second kappa shape index (κ2) is 29.1. The van der Waals surface area contributed by atoms with Gasteiger partial charge in [0.25, 0.3) is 0 Å². The highest BCUT2D eigenvalue weighted by atomic mass is 16.5. The number of allylic oxidation sites excluding steroid dienone is 2. The molecule has 1 aliphatic carbocycles. The molecule has 0 amide bonds. The number of ether oxygens (including phenoxy) is 4. The van der Waals surface area contributed by atoms with Crippen molar-refractivity contribution in [3.05, 3.63) is 297 Å². The van der Waals surface area contributed by atoms with E-state index < -0.39 is 17.6 Å². The van der Waals surface area contributed by atoms with Gasteiger partial charge in [-0.1, -0.05) is 180 Å². The van der Waals surface area contributed by atoms with Crippen molar-refractivity contribution in [3.8, 4) is 114 Å². The zero-order valence-electron chi connectivity index (χ0n) is 58.0. The molecule has 2 heterocycles. The van der Waals surface area contributed by atoms with Crippen LogP contribution in [0.1, 0.15) is 77.9 Å². The van der Waals surface area contributed by atoms with Gasteiger partial charge in [-0.15, -0.1) is 13.2 Å². The van der Waals surface area contributed by atoms with Gasteiger partial charge in [0, 0.05) is 34.4 Å².